The van der Waals surface area contributed by atoms with Crippen LogP contribution in [0.25, 0.3) is 0 Å². The Morgan fingerprint density at radius 3 is 2.55 bits per heavy atom. The van der Waals surface area contributed by atoms with E-state index >= 15 is 0 Å². The first-order valence-electron chi connectivity index (χ1n) is 6.71. The van der Waals surface area contributed by atoms with E-state index in [1.165, 1.54) is 0 Å². The number of benzene rings is 1. The highest BCUT2D eigenvalue weighted by Crippen LogP contribution is 2.26. The fourth-order valence-electron chi connectivity index (χ4n) is 2.60. The van der Waals surface area contributed by atoms with Gasteiger partial charge in [0.15, 0.2) is 5.84 Å². The van der Waals surface area contributed by atoms with Crippen LogP contribution in [-0.4, -0.2) is 49.2 Å². The number of amidine groups is 1. The van der Waals surface area contributed by atoms with E-state index in [-0.39, 0.29) is 5.84 Å². The molecule has 1 fully saturated rings. The number of hydrogen-bond donors (Lipinski definition) is 2. The number of anilines is 1. The largest absolute Gasteiger partial charge is 0.409 e. The van der Waals surface area contributed by atoms with Gasteiger partial charge in [-0.2, -0.15) is 0 Å². The Labute approximate surface area is 124 Å². The molecule has 5 nitrogen and oxygen atoms in total. The van der Waals surface area contributed by atoms with Gasteiger partial charge in [0.25, 0.3) is 0 Å². The maximum absolute atomic E-state index is 8.70. The molecule has 6 heteroatoms. The van der Waals surface area contributed by atoms with E-state index in [4.69, 9.17) is 22.5 Å². The highest BCUT2D eigenvalue weighted by Gasteiger charge is 2.21. The van der Waals surface area contributed by atoms with E-state index in [1.54, 1.807) is 6.07 Å². The van der Waals surface area contributed by atoms with Crippen molar-refractivity contribution in [2.24, 2.45) is 10.9 Å². The zero-order valence-corrected chi connectivity index (χ0v) is 12.6. The van der Waals surface area contributed by atoms with E-state index < -0.39 is 0 Å². The van der Waals surface area contributed by atoms with E-state index in [1.807, 2.05) is 12.1 Å². The van der Waals surface area contributed by atoms with Crippen LogP contribution in [0.4, 0.5) is 5.69 Å². The van der Waals surface area contributed by atoms with Crippen molar-refractivity contribution in [1.82, 2.24) is 4.90 Å². The Hall–Kier alpha value is -1.46. The molecule has 110 valence electrons. The Bertz CT molecular complexity index is 496. The first-order valence-corrected chi connectivity index (χ1v) is 7.09. The van der Waals surface area contributed by atoms with Crippen molar-refractivity contribution >= 4 is 23.1 Å². The van der Waals surface area contributed by atoms with Crippen molar-refractivity contribution in [3.63, 3.8) is 0 Å². The average Bonchev–Trinajstić information content (AvgIpc) is 2.46. The van der Waals surface area contributed by atoms with Gasteiger partial charge in [0.05, 0.1) is 5.02 Å². The monoisotopic (exact) mass is 296 g/mol. The molecule has 0 saturated carbocycles. The number of nitrogens with two attached hydrogens (primary N) is 1. The molecule has 1 saturated heterocycles. The second-order valence-corrected chi connectivity index (χ2v) is 5.74. The number of nitrogens with zero attached hydrogens (tertiary/aromatic N) is 3. The van der Waals surface area contributed by atoms with Crippen LogP contribution in [0.1, 0.15) is 18.4 Å². The van der Waals surface area contributed by atoms with Crippen molar-refractivity contribution in [1.29, 1.82) is 0 Å². The number of piperidine rings is 1. The SMILES string of the molecule is CN(C)C1CCN(c2ccc(C(N)=NO)c(Cl)c2)CC1. The molecular formula is C14H21ClN4O. The second kappa shape index (κ2) is 6.33. The van der Waals surface area contributed by atoms with Crippen molar-refractivity contribution < 1.29 is 5.21 Å². The minimum atomic E-state index is 0.0351. The fourth-order valence-corrected chi connectivity index (χ4v) is 2.87. The summed E-state index contributed by atoms with van der Waals surface area (Å²) in [6.07, 6.45) is 2.29. The van der Waals surface area contributed by atoms with Gasteiger partial charge in [0.2, 0.25) is 0 Å². The van der Waals surface area contributed by atoms with Gasteiger partial charge < -0.3 is 20.7 Å². The summed E-state index contributed by atoms with van der Waals surface area (Å²) in [5.41, 5.74) is 7.21. The quantitative estimate of drug-likeness (QED) is 0.387. The molecule has 0 atom stereocenters. The van der Waals surface area contributed by atoms with Gasteiger partial charge in [-0.1, -0.05) is 16.8 Å². The van der Waals surface area contributed by atoms with Gasteiger partial charge >= 0.3 is 0 Å². The van der Waals surface area contributed by atoms with Gasteiger partial charge in [0.1, 0.15) is 0 Å². The van der Waals surface area contributed by atoms with Crippen molar-refractivity contribution in [3.8, 4) is 0 Å². The van der Waals surface area contributed by atoms with E-state index in [2.05, 4.69) is 29.1 Å². The van der Waals surface area contributed by atoms with E-state index in [0.717, 1.165) is 31.6 Å². The average molecular weight is 297 g/mol. The number of hydrogen-bond acceptors (Lipinski definition) is 4. The Kier molecular flexibility index (Phi) is 4.73. The smallest absolute Gasteiger partial charge is 0.171 e. The maximum Gasteiger partial charge on any atom is 0.171 e. The first-order chi connectivity index (χ1) is 9.52. The lowest BCUT2D eigenvalue weighted by molar-refractivity contribution is 0.249. The van der Waals surface area contributed by atoms with Gasteiger partial charge in [-0.15, -0.1) is 0 Å². The molecule has 0 spiro atoms. The first kappa shape index (κ1) is 14.9. The van der Waals surface area contributed by atoms with Crippen LogP contribution in [0.5, 0.6) is 0 Å². The lowest BCUT2D eigenvalue weighted by atomic mass is 10.0. The normalized spacial score (nSPS) is 17.8. The maximum atomic E-state index is 8.70. The standard InChI is InChI=1S/C14H21ClN4O/c1-18(2)10-5-7-19(8-6-10)11-3-4-12(13(15)9-11)14(16)17-20/h3-4,9-10,20H,5-8H2,1-2H3,(H2,16,17). The van der Waals surface area contributed by atoms with E-state index in [0.29, 0.717) is 16.6 Å². The summed E-state index contributed by atoms with van der Waals surface area (Å²) in [5, 5.41) is 12.2. The van der Waals surface area contributed by atoms with Crippen LogP contribution in [0.2, 0.25) is 5.02 Å². The Morgan fingerprint density at radius 2 is 2.05 bits per heavy atom. The third-order valence-electron chi connectivity index (χ3n) is 3.90. The highest BCUT2D eigenvalue weighted by atomic mass is 35.5. The summed E-state index contributed by atoms with van der Waals surface area (Å²) in [5.74, 6) is 0.0351. The van der Waals surface area contributed by atoms with Crippen LogP contribution in [0, 0.1) is 0 Å². The molecule has 3 N–H and O–H groups in total. The second-order valence-electron chi connectivity index (χ2n) is 5.33. The Morgan fingerprint density at radius 1 is 1.40 bits per heavy atom. The van der Waals surface area contributed by atoms with Gasteiger partial charge in [-0.3, -0.25) is 0 Å². The van der Waals surface area contributed by atoms with Crippen molar-refractivity contribution in [2.45, 2.75) is 18.9 Å². The summed E-state index contributed by atoms with van der Waals surface area (Å²) in [4.78, 5) is 4.60. The summed E-state index contributed by atoms with van der Waals surface area (Å²) in [7, 11) is 4.26. The predicted molar refractivity (Wildman–Crippen MR) is 82.9 cm³/mol. The molecule has 0 bridgehead atoms. The molecule has 0 aromatic heterocycles. The number of oxime groups is 1. The van der Waals surface area contributed by atoms with Crippen LogP contribution >= 0.6 is 11.6 Å². The summed E-state index contributed by atoms with van der Waals surface area (Å²) >= 11 is 6.19. The minimum absolute atomic E-state index is 0.0351. The van der Waals surface area contributed by atoms with Crippen LogP contribution < -0.4 is 10.6 Å². The molecule has 1 aromatic rings. The molecule has 20 heavy (non-hydrogen) atoms. The topological polar surface area (TPSA) is 65.1 Å². The molecule has 0 unspecified atom stereocenters. The zero-order valence-electron chi connectivity index (χ0n) is 11.9. The summed E-state index contributed by atoms with van der Waals surface area (Å²) < 4.78 is 0. The predicted octanol–water partition coefficient (Wildman–Crippen LogP) is 1.96. The molecular weight excluding hydrogens is 276 g/mol. The third kappa shape index (κ3) is 3.16. The molecule has 1 aromatic carbocycles. The van der Waals surface area contributed by atoms with Crippen LogP contribution in [-0.2, 0) is 0 Å². The molecule has 1 aliphatic rings. The molecule has 2 rings (SSSR count). The summed E-state index contributed by atoms with van der Waals surface area (Å²) in [6.45, 7) is 2.03. The van der Waals surface area contributed by atoms with Crippen LogP contribution in [0.3, 0.4) is 0 Å². The molecule has 1 heterocycles. The molecule has 0 amide bonds. The summed E-state index contributed by atoms with van der Waals surface area (Å²) in [6, 6.07) is 6.29. The molecule has 0 radical (unpaired) electrons. The van der Waals surface area contributed by atoms with Crippen LogP contribution in [0.15, 0.2) is 23.4 Å². The minimum Gasteiger partial charge on any atom is -0.409 e. The van der Waals surface area contributed by atoms with Gasteiger partial charge in [-0.05, 0) is 45.1 Å². The van der Waals surface area contributed by atoms with E-state index in [9.17, 15) is 0 Å². The third-order valence-corrected chi connectivity index (χ3v) is 4.21. The van der Waals surface area contributed by atoms with Gasteiger partial charge in [0, 0.05) is 30.4 Å². The highest BCUT2D eigenvalue weighted by molar-refractivity contribution is 6.34. The Balaban J connectivity index is 2.10. The van der Waals surface area contributed by atoms with Crippen molar-refractivity contribution in [3.05, 3.63) is 28.8 Å². The number of rotatable bonds is 3. The fraction of sp³-hybridized carbons (Fsp3) is 0.500. The number of halogens is 1. The van der Waals surface area contributed by atoms with Crippen molar-refractivity contribution in [2.75, 3.05) is 32.1 Å². The lowest BCUT2D eigenvalue weighted by Crippen LogP contribution is -2.42. The molecule has 0 aliphatic carbocycles. The lowest BCUT2D eigenvalue weighted by Gasteiger charge is -2.36. The molecule has 1 aliphatic heterocycles. The van der Waals surface area contributed by atoms with Gasteiger partial charge in [-0.25, -0.2) is 0 Å². The zero-order chi connectivity index (χ0) is 14.7.